The van der Waals surface area contributed by atoms with E-state index in [1.54, 1.807) is 13.2 Å². The maximum Gasteiger partial charge on any atom is 0.127 e. The third-order valence-corrected chi connectivity index (χ3v) is 8.02. The number of rotatable bonds is 6. The molecule has 3 aliphatic rings. The van der Waals surface area contributed by atoms with Crippen LogP contribution in [0, 0.1) is 11.7 Å². The molecule has 1 atom stereocenters. The molecule has 3 aromatic rings. The normalized spacial score (nSPS) is 22.5. The lowest BCUT2D eigenvalue weighted by atomic mass is 9.68. The fourth-order valence-corrected chi connectivity index (χ4v) is 6.34. The van der Waals surface area contributed by atoms with Crippen molar-refractivity contribution < 1.29 is 14.2 Å². The number of hydrogen-bond acceptors (Lipinski definition) is 4. The first-order chi connectivity index (χ1) is 16.0. The summed E-state index contributed by atoms with van der Waals surface area (Å²) in [5.74, 6) is 1.52. The Kier molecular flexibility index (Phi) is 5.02. The molecular formula is C27H32FN3O2. The molecule has 0 amide bonds. The van der Waals surface area contributed by atoms with Crippen molar-refractivity contribution in [1.29, 1.82) is 0 Å². The maximum absolute atomic E-state index is 14.6. The zero-order valence-electron chi connectivity index (χ0n) is 19.4. The largest absolute Gasteiger partial charge is 0.497 e. The van der Waals surface area contributed by atoms with Crippen LogP contribution in [0.15, 0.2) is 42.5 Å². The fourth-order valence-electron chi connectivity index (χ4n) is 6.34. The molecule has 1 N–H and O–H groups in total. The number of hydrogen-bond donors (Lipinski definition) is 1. The van der Waals surface area contributed by atoms with Crippen LogP contribution in [0.3, 0.4) is 0 Å². The summed E-state index contributed by atoms with van der Waals surface area (Å²) in [6.07, 6.45) is 2.71. The van der Waals surface area contributed by atoms with Gasteiger partial charge in [-0.2, -0.15) is 0 Å². The fraction of sp³-hybridized carbons (Fsp3) is 0.481. The van der Waals surface area contributed by atoms with Crippen LogP contribution in [0.5, 0.6) is 5.75 Å². The lowest BCUT2D eigenvalue weighted by Gasteiger charge is -2.56. The van der Waals surface area contributed by atoms with E-state index in [4.69, 9.17) is 4.74 Å². The van der Waals surface area contributed by atoms with E-state index in [0.717, 1.165) is 42.5 Å². The Morgan fingerprint density at radius 3 is 2.61 bits per heavy atom. The van der Waals surface area contributed by atoms with E-state index in [2.05, 4.69) is 33.5 Å². The molecule has 2 aliphatic heterocycles. The van der Waals surface area contributed by atoms with Crippen LogP contribution < -0.4 is 4.74 Å². The summed E-state index contributed by atoms with van der Waals surface area (Å²) >= 11 is 0. The van der Waals surface area contributed by atoms with Gasteiger partial charge in [0.05, 0.1) is 25.3 Å². The van der Waals surface area contributed by atoms with Gasteiger partial charge in [0, 0.05) is 67.9 Å². The van der Waals surface area contributed by atoms with Gasteiger partial charge in [0.1, 0.15) is 11.6 Å². The number of fused-ring (bicyclic) bond motifs is 4. The number of benzene rings is 2. The number of aliphatic hydroxyl groups excluding tert-OH is 1. The summed E-state index contributed by atoms with van der Waals surface area (Å²) in [5, 5.41) is 11.8. The minimum Gasteiger partial charge on any atom is -0.497 e. The highest BCUT2D eigenvalue weighted by atomic mass is 19.1. The van der Waals surface area contributed by atoms with E-state index in [1.807, 2.05) is 18.2 Å². The summed E-state index contributed by atoms with van der Waals surface area (Å²) in [6, 6.07) is 13.1. The van der Waals surface area contributed by atoms with Crippen LogP contribution in [0.4, 0.5) is 4.39 Å². The topological polar surface area (TPSA) is 40.9 Å². The van der Waals surface area contributed by atoms with Crippen LogP contribution >= 0.6 is 0 Å². The van der Waals surface area contributed by atoms with Gasteiger partial charge >= 0.3 is 0 Å². The first-order valence-electron chi connectivity index (χ1n) is 12.0. The van der Waals surface area contributed by atoms with Gasteiger partial charge in [0.15, 0.2) is 0 Å². The lowest BCUT2D eigenvalue weighted by molar-refractivity contribution is -0.0113. The van der Waals surface area contributed by atoms with E-state index < -0.39 is 0 Å². The second kappa shape index (κ2) is 7.83. The lowest BCUT2D eigenvalue weighted by Crippen LogP contribution is -2.66. The van der Waals surface area contributed by atoms with Gasteiger partial charge in [-0.25, -0.2) is 4.39 Å². The number of ether oxygens (including phenoxy) is 1. The van der Waals surface area contributed by atoms with Crippen LogP contribution in [-0.4, -0.2) is 59.4 Å². The van der Waals surface area contributed by atoms with Gasteiger partial charge < -0.3 is 19.3 Å². The van der Waals surface area contributed by atoms with Crippen molar-refractivity contribution in [2.24, 2.45) is 13.0 Å². The van der Waals surface area contributed by atoms with Crippen LogP contribution in [0.2, 0.25) is 0 Å². The van der Waals surface area contributed by atoms with Gasteiger partial charge in [-0.1, -0.05) is 18.2 Å². The monoisotopic (exact) mass is 449 g/mol. The number of halogens is 1. The quantitative estimate of drug-likeness (QED) is 0.621. The smallest absolute Gasteiger partial charge is 0.127 e. The number of aromatic nitrogens is 1. The summed E-state index contributed by atoms with van der Waals surface area (Å²) in [4.78, 5) is 4.88. The van der Waals surface area contributed by atoms with Crippen molar-refractivity contribution in [3.8, 4) is 5.75 Å². The van der Waals surface area contributed by atoms with Gasteiger partial charge in [0.25, 0.3) is 0 Å². The average molecular weight is 450 g/mol. The zero-order valence-corrected chi connectivity index (χ0v) is 19.4. The molecule has 33 heavy (non-hydrogen) atoms. The van der Waals surface area contributed by atoms with Gasteiger partial charge in [-0.15, -0.1) is 0 Å². The highest BCUT2D eigenvalue weighted by Crippen LogP contribution is 2.50. The highest BCUT2D eigenvalue weighted by Gasteiger charge is 2.53. The molecule has 1 saturated carbocycles. The molecule has 174 valence electrons. The van der Waals surface area contributed by atoms with Gasteiger partial charge in [0.2, 0.25) is 0 Å². The van der Waals surface area contributed by atoms with Crippen molar-refractivity contribution in [3.05, 3.63) is 65.1 Å². The molecule has 0 bridgehead atoms. The molecule has 1 aromatic heterocycles. The van der Waals surface area contributed by atoms with Gasteiger partial charge in [-0.3, -0.25) is 4.90 Å². The first-order valence-corrected chi connectivity index (χ1v) is 12.0. The first kappa shape index (κ1) is 21.1. The number of likely N-dealkylation sites (tertiary alicyclic amines) is 1. The van der Waals surface area contributed by atoms with E-state index in [9.17, 15) is 9.50 Å². The molecular weight excluding hydrogens is 417 g/mol. The van der Waals surface area contributed by atoms with Crippen LogP contribution in [0.25, 0.3) is 10.9 Å². The van der Waals surface area contributed by atoms with E-state index >= 15 is 0 Å². The SMILES string of the molecule is COc1ccc2c3c(n(C)c2c1)[C@@H](CO)N(Cc1ccccc1F)CC31CN(CC2CC2)C1. The third-order valence-electron chi connectivity index (χ3n) is 8.02. The van der Waals surface area contributed by atoms with Crippen molar-refractivity contribution >= 4 is 10.9 Å². The molecule has 0 unspecified atom stereocenters. The standard InChI is InChI=1S/C27H32FN3O2/c1-29-23-11-20(33-2)9-10-21(23)25-26(29)24(14-32)31(13-19-5-3-4-6-22(19)28)17-27(25)15-30(16-27)12-18-7-8-18/h3-6,9-11,18,24,32H,7-8,12-17H2,1-2H3/t24-/m1/s1. The van der Waals surface area contributed by atoms with Crippen molar-refractivity contribution in [1.82, 2.24) is 14.4 Å². The Morgan fingerprint density at radius 2 is 1.91 bits per heavy atom. The van der Waals surface area contributed by atoms with Gasteiger partial charge in [-0.05, 0) is 42.5 Å². The minimum atomic E-state index is -0.181. The highest BCUT2D eigenvalue weighted by molar-refractivity contribution is 5.89. The van der Waals surface area contributed by atoms with Crippen molar-refractivity contribution in [2.45, 2.75) is 30.8 Å². The maximum atomic E-state index is 14.6. The average Bonchev–Trinajstić information content (AvgIpc) is 3.57. The minimum absolute atomic E-state index is 0.00458. The Hall–Kier alpha value is -2.41. The predicted octanol–water partition coefficient (Wildman–Crippen LogP) is 3.84. The molecule has 5 nitrogen and oxygen atoms in total. The second-order valence-corrected chi connectivity index (χ2v) is 10.3. The zero-order chi connectivity index (χ0) is 22.7. The summed E-state index contributed by atoms with van der Waals surface area (Å²) in [5.41, 5.74) is 4.34. The Morgan fingerprint density at radius 1 is 1.12 bits per heavy atom. The van der Waals surface area contributed by atoms with E-state index in [1.165, 1.54) is 36.4 Å². The van der Waals surface area contributed by atoms with Crippen molar-refractivity contribution in [3.63, 3.8) is 0 Å². The Labute approximate surface area is 194 Å². The molecule has 2 aromatic carbocycles. The number of nitrogens with zero attached hydrogens (tertiary/aromatic N) is 3. The molecule has 3 heterocycles. The van der Waals surface area contributed by atoms with Crippen molar-refractivity contribution in [2.75, 3.05) is 39.9 Å². The number of aliphatic hydroxyl groups is 1. The number of aryl methyl sites for hydroxylation is 1. The molecule has 6 heteroatoms. The molecule has 1 spiro atoms. The summed E-state index contributed by atoms with van der Waals surface area (Å²) < 4.78 is 22.3. The number of methoxy groups -OCH3 is 1. The second-order valence-electron chi connectivity index (χ2n) is 10.3. The summed E-state index contributed by atoms with van der Waals surface area (Å²) in [6.45, 7) is 4.55. The molecule has 0 radical (unpaired) electrons. The molecule has 1 saturated heterocycles. The molecule has 6 rings (SSSR count). The predicted molar refractivity (Wildman–Crippen MR) is 127 cm³/mol. The van der Waals surface area contributed by atoms with Crippen LogP contribution in [-0.2, 0) is 19.0 Å². The molecule has 1 aliphatic carbocycles. The van der Waals surface area contributed by atoms with Crippen LogP contribution in [0.1, 0.15) is 35.7 Å². The van der Waals surface area contributed by atoms with E-state index in [0.29, 0.717) is 12.1 Å². The Balaban J connectivity index is 1.46. The Bertz CT molecular complexity index is 1200. The van der Waals surface area contributed by atoms with E-state index in [-0.39, 0.29) is 23.9 Å². The molecule has 2 fully saturated rings. The summed E-state index contributed by atoms with van der Waals surface area (Å²) in [7, 11) is 3.78. The third kappa shape index (κ3) is 3.38.